The maximum absolute atomic E-state index is 14.1. The van der Waals surface area contributed by atoms with Gasteiger partial charge in [0.25, 0.3) is 10.0 Å². The summed E-state index contributed by atoms with van der Waals surface area (Å²) < 4.78 is 70.0. The molecule has 0 radical (unpaired) electrons. The molecule has 0 aliphatic carbocycles. The molecule has 8 nitrogen and oxygen atoms in total. The predicted octanol–water partition coefficient (Wildman–Crippen LogP) is 2.66. The SMILES string of the molecule is CCS(=O)(=O)c1ccc(NS(=O)(=O)c2ccc(OCCCC(=O)O)c(F)c2)cc1. The molecular formula is C18H20FNO7S2. The lowest BCUT2D eigenvalue weighted by Gasteiger charge is -2.11. The van der Waals surface area contributed by atoms with Crippen molar-refractivity contribution < 1.29 is 35.9 Å². The van der Waals surface area contributed by atoms with E-state index in [1.165, 1.54) is 31.2 Å². The molecule has 0 aromatic heterocycles. The van der Waals surface area contributed by atoms with Gasteiger partial charge in [-0.2, -0.15) is 0 Å². The Kier molecular flexibility index (Phi) is 7.20. The number of ether oxygens (including phenoxy) is 1. The van der Waals surface area contributed by atoms with Crippen LogP contribution >= 0.6 is 0 Å². The molecule has 0 spiro atoms. The van der Waals surface area contributed by atoms with E-state index in [1.807, 2.05) is 0 Å². The van der Waals surface area contributed by atoms with Crippen molar-refractivity contribution in [1.82, 2.24) is 0 Å². The minimum atomic E-state index is -4.12. The molecule has 29 heavy (non-hydrogen) atoms. The van der Waals surface area contributed by atoms with E-state index >= 15 is 0 Å². The number of anilines is 1. The number of carbonyl (C=O) groups is 1. The normalized spacial score (nSPS) is 11.8. The van der Waals surface area contributed by atoms with Crippen molar-refractivity contribution in [3.63, 3.8) is 0 Å². The highest BCUT2D eigenvalue weighted by Crippen LogP contribution is 2.24. The minimum Gasteiger partial charge on any atom is -0.491 e. The van der Waals surface area contributed by atoms with Gasteiger partial charge in [0.2, 0.25) is 0 Å². The number of sulfone groups is 1. The average molecular weight is 445 g/mol. The molecular weight excluding hydrogens is 425 g/mol. The van der Waals surface area contributed by atoms with E-state index in [0.717, 1.165) is 18.2 Å². The van der Waals surface area contributed by atoms with Gasteiger partial charge in [0, 0.05) is 12.1 Å². The number of carboxylic acid groups (broad SMARTS) is 1. The number of carboxylic acids is 1. The standard InChI is InChI=1S/C18H20FNO7S2/c1-2-28(23,24)14-7-5-13(6-8-14)20-29(25,26)15-9-10-17(16(19)12-15)27-11-3-4-18(21)22/h5-10,12,20H,2-4,11H2,1H3,(H,21,22). The van der Waals surface area contributed by atoms with E-state index in [0.29, 0.717) is 0 Å². The first-order chi connectivity index (χ1) is 13.5. The van der Waals surface area contributed by atoms with Gasteiger partial charge in [-0.1, -0.05) is 6.92 Å². The number of hydrogen-bond donors (Lipinski definition) is 2. The number of hydrogen-bond acceptors (Lipinski definition) is 6. The Bertz CT molecular complexity index is 1080. The van der Waals surface area contributed by atoms with E-state index in [2.05, 4.69) is 4.72 Å². The highest BCUT2D eigenvalue weighted by atomic mass is 32.2. The van der Waals surface area contributed by atoms with Gasteiger partial charge in [0.15, 0.2) is 21.4 Å². The second-order valence-electron chi connectivity index (χ2n) is 5.97. The van der Waals surface area contributed by atoms with Crippen LogP contribution in [0.1, 0.15) is 19.8 Å². The molecule has 2 aromatic rings. The van der Waals surface area contributed by atoms with E-state index in [4.69, 9.17) is 9.84 Å². The lowest BCUT2D eigenvalue weighted by molar-refractivity contribution is -0.137. The van der Waals surface area contributed by atoms with Crippen LogP contribution < -0.4 is 9.46 Å². The van der Waals surface area contributed by atoms with Crippen molar-refractivity contribution in [3.8, 4) is 5.75 Å². The molecule has 2 aromatic carbocycles. The van der Waals surface area contributed by atoms with Gasteiger partial charge in [0.05, 0.1) is 22.2 Å². The molecule has 158 valence electrons. The van der Waals surface area contributed by atoms with E-state index in [1.54, 1.807) is 0 Å². The van der Waals surface area contributed by atoms with Gasteiger partial charge in [-0.15, -0.1) is 0 Å². The summed E-state index contributed by atoms with van der Waals surface area (Å²) in [6.07, 6.45) is 0.0521. The first-order valence-corrected chi connectivity index (χ1v) is 11.7. The molecule has 0 amide bonds. The van der Waals surface area contributed by atoms with Crippen molar-refractivity contribution in [2.75, 3.05) is 17.1 Å². The van der Waals surface area contributed by atoms with Crippen molar-refractivity contribution in [2.24, 2.45) is 0 Å². The number of benzene rings is 2. The van der Waals surface area contributed by atoms with Crippen molar-refractivity contribution in [2.45, 2.75) is 29.6 Å². The number of nitrogens with one attached hydrogen (secondary N) is 1. The monoisotopic (exact) mass is 445 g/mol. The maximum Gasteiger partial charge on any atom is 0.303 e. The summed E-state index contributed by atoms with van der Waals surface area (Å²) in [7, 11) is -7.52. The van der Waals surface area contributed by atoms with Crippen LogP contribution in [-0.4, -0.2) is 40.3 Å². The van der Waals surface area contributed by atoms with Gasteiger partial charge in [-0.3, -0.25) is 9.52 Å². The zero-order valence-corrected chi connectivity index (χ0v) is 17.1. The Labute approximate surface area is 168 Å². The number of aliphatic carboxylic acids is 1. The molecule has 0 fully saturated rings. The average Bonchev–Trinajstić information content (AvgIpc) is 2.66. The Morgan fingerprint density at radius 3 is 2.24 bits per heavy atom. The van der Waals surface area contributed by atoms with Crippen LogP contribution in [-0.2, 0) is 24.7 Å². The molecule has 0 saturated heterocycles. The summed E-state index contributed by atoms with van der Waals surface area (Å²) >= 11 is 0. The summed E-state index contributed by atoms with van der Waals surface area (Å²) in [4.78, 5) is 10.2. The summed E-state index contributed by atoms with van der Waals surface area (Å²) in [5, 5.41) is 8.55. The lowest BCUT2D eigenvalue weighted by Crippen LogP contribution is -2.13. The molecule has 0 aliphatic heterocycles. The minimum absolute atomic E-state index is 0.0272. The Morgan fingerprint density at radius 1 is 1.07 bits per heavy atom. The molecule has 0 saturated carbocycles. The van der Waals surface area contributed by atoms with Crippen LogP contribution in [0.5, 0.6) is 5.75 Å². The van der Waals surface area contributed by atoms with Gasteiger partial charge in [-0.05, 0) is 48.9 Å². The molecule has 0 atom stereocenters. The van der Waals surface area contributed by atoms with Gasteiger partial charge >= 0.3 is 5.97 Å². The van der Waals surface area contributed by atoms with Crippen LogP contribution in [0.15, 0.2) is 52.3 Å². The number of halogens is 1. The van der Waals surface area contributed by atoms with Crippen LogP contribution in [0, 0.1) is 5.82 Å². The smallest absolute Gasteiger partial charge is 0.303 e. The third kappa shape index (κ3) is 6.16. The first kappa shape index (κ1) is 22.6. The summed E-state index contributed by atoms with van der Waals surface area (Å²) in [6, 6.07) is 8.24. The van der Waals surface area contributed by atoms with Crippen molar-refractivity contribution in [3.05, 3.63) is 48.3 Å². The highest BCUT2D eigenvalue weighted by Gasteiger charge is 2.18. The Morgan fingerprint density at radius 2 is 1.69 bits per heavy atom. The van der Waals surface area contributed by atoms with Crippen molar-refractivity contribution in [1.29, 1.82) is 0 Å². The fourth-order valence-electron chi connectivity index (χ4n) is 2.28. The van der Waals surface area contributed by atoms with Gasteiger partial charge in [-0.25, -0.2) is 21.2 Å². The van der Waals surface area contributed by atoms with Crippen LogP contribution in [0.2, 0.25) is 0 Å². The Hall–Kier alpha value is -2.66. The zero-order chi connectivity index (χ0) is 21.7. The first-order valence-electron chi connectivity index (χ1n) is 8.55. The third-order valence-corrected chi connectivity index (χ3v) is 6.98. The predicted molar refractivity (Wildman–Crippen MR) is 104 cm³/mol. The second-order valence-corrected chi connectivity index (χ2v) is 9.93. The zero-order valence-electron chi connectivity index (χ0n) is 15.5. The Balaban J connectivity index is 2.11. The number of rotatable bonds is 10. The van der Waals surface area contributed by atoms with Crippen LogP contribution in [0.3, 0.4) is 0 Å². The third-order valence-electron chi connectivity index (χ3n) is 3.85. The molecule has 0 unspecified atom stereocenters. The number of sulfonamides is 1. The molecule has 2 rings (SSSR count). The summed E-state index contributed by atoms with van der Waals surface area (Å²) in [5.74, 6) is -2.18. The van der Waals surface area contributed by atoms with E-state index < -0.39 is 31.6 Å². The van der Waals surface area contributed by atoms with Crippen LogP contribution in [0.25, 0.3) is 0 Å². The van der Waals surface area contributed by atoms with E-state index in [9.17, 15) is 26.0 Å². The summed E-state index contributed by atoms with van der Waals surface area (Å²) in [6.45, 7) is 1.47. The molecule has 0 heterocycles. The second kappa shape index (κ2) is 9.23. The maximum atomic E-state index is 14.1. The topological polar surface area (TPSA) is 127 Å². The molecule has 2 N–H and O–H groups in total. The van der Waals surface area contributed by atoms with Gasteiger partial charge < -0.3 is 9.84 Å². The lowest BCUT2D eigenvalue weighted by atomic mass is 10.3. The van der Waals surface area contributed by atoms with Gasteiger partial charge in [0.1, 0.15) is 0 Å². The van der Waals surface area contributed by atoms with E-state index in [-0.39, 0.29) is 46.4 Å². The van der Waals surface area contributed by atoms with Crippen LogP contribution in [0.4, 0.5) is 10.1 Å². The quantitative estimate of drug-likeness (QED) is 0.538. The summed E-state index contributed by atoms with van der Waals surface area (Å²) in [5.41, 5.74) is 0.120. The largest absolute Gasteiger partial charge is 0.491 e. The van der Waals surface area contributed by atoms with Crippen molar-refractivity contribution >= 4 is 31.5 Å². The fraction of sp³-hybridized carbons (Fsp3) is 0.278. The molecule has 0 bridgehead atoms. The molecule has 0 aliphatic rings. The molecule has 11 heteroatoms. The fourth-order valence-corrected chi connectivity index (χ4v) is 4.24. The highest BCUT2D eigenvalue weighted by molar-refractivity contribution is 7.92.